The van der Waals surface area contributed by atoms with Gasteiger partial charge in [-0.3, -0.25) is 4.79 Å². The van der Waals surface area contributed by atoms with Crippen LogP contribution in [0.2, 0.25) is 0 Å². The first kappa shape index (κ1) is 20.1. The van der Waals surface area contributed by atoms with Crippen LogP contribution in [-0.4, -0.2) is 32.3 Å². The lowest BCUT2D eigenvalue weighted by Gasteiger charge is -2.18. The average Bonchev–Trinajstić information content (AvgIpc) is 3.22. The third-order valence-corrected chi connectivity index (χ3v) is 4.73. The monoisotopic (exact) mass is 389 g/mol. The maximum atomic E-state index is 14.4. The Morgan fingerprint density at radius 3 is 2.46 bits per heavy atom. The lowest BCUT2D eigenvalue weighted by atomic mass is 10.0. The molecule has 1 aliphatic heterocycles. The Kier molecular flexibility index (Phi) is 6.85. The van der Waals surface area contributed by atoms with E-state index in [1.165, 1.54) is 12.1 Å². The highest BCUT2D eigenvalue weighted by molar-refractivity contribution is 5.70. The van der Waals surface area contributed by atoms with Crippen LogP contribution in [-0.2, 0) is 9.53 Å². The van der Waals surface area contributed by atoms with Crippen molar-refractivity contribution in [3.05, 3.63) is 48.0 Å². The second kappa shape index (κ2) is 9.53. The van der Waals surface area contributed by atoms with E-state index in [1.54, 1.807) is 6.92 Å². The number of ether oxygens (including phenoxy) is 2. The number of carbonyl (C=O) groups excluding carboxylic acids is 1. The van der Waals surface area contributed by atoms with E-state index in [1.807, 2.05) is 24.3 Å². The maximum absolute atomic E-state index is 14.4. The third kappa shape index (κ3) is 5.00. The molecule has 1 aliphatic rings. The molecule has 6 heteroatoms. The minimum Gasteiger partial charge on any atom is -0.488 e. The van der Waals surface area contributed by atoms with Gasteiger partial charge in [0.2, 0.25) is 0 Å². The zero-order valence-electron chi connectivity index (χ0n) is 16.0. The zero-order chi connectivity index (χ0) is 19.9. The van der Waals surface area contributed by atoms with Gasteiger partial charge in [0.05, 0.1) is 13.2 Å². The van der Waals surface area contributed by atoms with E-state index in [0.29, 0.717) is 18.6 Å². The summed E-state index contributed by atoms with van der Waals surface area (Å²) in [7, 11) is 0. The fourth-order valence-corrected chi connectivity index (χ4v) is 3.35. The van der Waals surface area contributed by atoms with Gasteiger partial charge in [-0.1, -0.05) is 12.1 Å². The van der Waals surface area contributed by atoms with Gasteiger partial charge in [-0.05, 0) is 61.6 Å². The number of esters is 1. The van der Waals surface area contributed by atoms with Gasteiger partial charge in [0.15, 0.2) is 17.4 Å². The van der Waals surface area contributed by atoms with Crippen LogP contribution in [0.25, 0.3) is 11.1 Å². The molecule has 0 spiro atoms. The minimum atomic E-state index is -0.752. The molecule has 0 aromatic heterocycles. The molecule has 1 heterocycles. The fourth-order valence-electron chi connectivity index (χ4n) is 3.35. The first-order valence-corrected chi connectivity index (χ1v) is 9.71. The van der Waals surface area contributed by atoms with Crippen molar-refractivity contribution in [3.8, 4) is 16.9 Å². The molecule has 0 atom stereocenters. The van der Waals surface area contributed by atoms with E-state index >= 15 is 0 Å². The molecule has 2 aromatic rings. The number of hydrogen-bond acceptors (Lipinski definition) is 4. The molecule has 1 saturated heterocycles. The molecule has 0 bridgehead atoms. The van der Waals surface area contributed by atoms with Crippen molar-refractivity contribution in [3.63, 3.8) is 0 Å². The molecule has 0 saturated carbocycles. The van der Waals surface area contributed by atoms with E-state index < -0.39 is 17.4 Å². The molecule has 0 radical (unpaired) electrons. The van der Waals surface area contributed by atoms with Gasteiger partial charge in [0, 0.05) is 25.2 Å². The quantitative estimate of drug-likeness (QED) is 0.473. The zero-order valence-corrected chi connectivity index (χ0v) is 16.0. The highest BCUT2D eigenvalue weighted by Crippen LogP contribution is 2.31. The van der Waals surface area contributed by atoms with Crippen molar-refractivity contribution < 1.29 is 23.0 Å². The standard InChI is InChI=1S/C22H25F2NO3/c1-2-27-21(26)9-6-12-28-22-19(23)14-17(15-20(22)24)16-7-5-8-18(13-16)25-10-3-4-11-25/h5,7-8,13-15H,2-4,6,9-12H2,1H3. The summed E-state index contributed by atoms with van der Waals surface area (Å²) in [5, 5.41) is 0. The highest BCUT2D eigenvalue weighted by Gasteiger charge is 2.16. The lowest BCUT2D eigenvalue weighted by Crippen LogP contribution is -2.17. The third-order valence-electron chi connectivity index (χ3n) is 4.73. The maximum Gasteiger partial charge on any atom is 0.305 e. The van der Waals surface area contributed by atoms with Crippen molar-refractivity contribution in [1.29, 1.82) is 0 Å². The van der Waals surface area contributed by atoms with Crippen LogP contribution in [0.3, 0.4) is 0 Å². The minimum absolute atomic E-state index is 0.0381. The van der Waals surface area contributed by atoms with Gasteiger partial charge in [0.25, 0.3) is 0 Å². The lowest BCUT2D eigenvalue weighted by molar-refractivity contribution is -0.143. The van der Waals surface area contributed by atoms with E-state index in [0.717, 1.165) is 37.2 Å². The van der Waals surface area contributed by atoms with Gasteiger partial charge in [-0.25, -0.2) is 8.78 Å². The summed E-state index contributed by atoms with van der Waals surface area (Å²) in [6, 6.07) is 10.3. The molecule has 3 rings (SSSR count). The van der Waals surface area contributed by atoms with Crippen LogP contribution < -0.4 is 9.64 Å². The van der Waals surface area contributed by atoms with E-state index in [2.05, 4.69) is 4.90 Å². The molecule has 150 valence electrons. The van der Waals surface area contributed by atoms with Crippen molar-refractivity contribution in [2.45, 2.75) is 32.6 Å². The number of benzene rings is 2. The predicted molar refractivity (Wildman–Crippen MR) is 105 cm³/mol. The Hall–Kier alpha value is -2.63. The smallest absolute Gasteiger partial charge is 0.305 e. The van der Waals surface area contributed by atoms with Gasteiger partial charge in [-0.15, -0.1) is 0 Å². The van der Waals surface area contributed by atoms with Crippen molar-refractivity contribution in [2.24, 2.45) is 0 Å². The number of rotatable bonds is 8. The van der Waals surface area contributed by atoms with Gasteiger partial charge >= 0.3 is 5.97 Å². The molecule has 0 aliphatic carbocycles. The summed E-state index contributed by atoms with van der Waals surface area (Å²) in [5.41, 5.74) is 2.29. The Balaban J connectivity index is 1.68. The second-order valence-electron chi connectivity index (χ2n) is 6.77. The summed E-state index contributed by atoms with van der Waals surface area (Å²) in [4.78, 5) is 13.6. The van der Waals surface area contributed by atoms with Gasteiger partial charge < -0.3 is 14.4 Å². The number of halogens is 2. The van der Waals surface area contributed by atoms with Crippen LogP contribution in [0.1, 0.15) is 32.6 Å². The Morgan fingerprint density at radius 2 is 1.79 bits per heavy atom. The summed E-state index contributed by atoms with van der Waals surface area (Å²) < 4.78 is 38.9. The Labute approximate surface area is 164 Å². The summed E-state index contributed by atoms with van der Waals surface area (Å²) >= 11 is 0. The van der Waals surface area contributed by atoms with Crippen LogP contribution in [0.15, 0.2) is 36.4 Å². The van der Waals surface area contributed by atoms with Crippen LogP contribution in [0.5, 0.6) is 5.75 Å². The molecular weight excluding hydrogens is 364 g/mol. The Bertz CT molecular complexity index is 796. The molecule has 0 amide bonds. The number of carbonyl (C=O) groups is 1. The normalized spacial score (nSPS) is 13.6. The van der Waals surface area contributed by atoms with E-state index in [-0.39, 0.29) is 19.0 Å². The molecular formula is C22H25F2NO3. The Morgan fingerprint density at radius 1 is 1.07 bits per heavy atom. The molecule has 0 N–H and O–H groups in total. The summed E-state index contributed by atoms with van der Waals surface area (Å²) in [6.45, 7) is 4.08. The topological polar surface area (TPSA) is 38.8 Å². The molecule has 1 fully saturated rings. The molecule has 28 heavy (non-hydrogen) atoms. The number of nitrogens with zero attached hydrogens (tertiary/aromatic N) is 1. The second-order valence-corrected chi connectivity index (χ2v) is 6.77. The van der Waals surface area contributed by atoms with Crippen LogP contribution in [0.4, 0.5) is 14.5 Å². The molecule has 4 nitrogen and oxygen atoms in total. The number of hydrogen-bond donors (Lipinski definition) is 0. The predicted octanol–water partition coefficient (Wildman–Crippen LogP) is 4.95. The van der Waals surface area contributed by atoms with Crippen molar-refractivity contribution >= 4 is 11.7 Å². The molecule has 0 unspecified atom stereocenters. The van der Waals surface area contributed by atoms with E-state index in [4.69, 9.17) is 9.47 Å². The largest absolute Gasteiger partial charge is 0.488 e. The SMILES string of the molecule is CCOC(=O)CCCOc1c(F)cc(-c2cccc(N3CCCC3)c2)cc1F. The van der Waals surface area contributed by atoms with Crippen LogP contribution >= 0.6 is 0 Å². The van der Waals surface area contributed by atoms with E-state index in [9.17, 15) is 13.6 Å². The molecule has 2 aromatic carbocycles. The van der Waals surface area contributed by atoms with Gasteiger partial charge in [0.1, 0.15) is 0 Å². The highest BCUT2D eigenvalue weighted by atomic mass is 19.1. The summed E-state index contributed by atoms with van der Waals surface area (Å²) in [5.74, 6) is -2.26. The van der Waals surface area contributed by atoms with Crippen LogP contribution in [0, 0.1) is 11.6 Å². The first-order valence-electron chi connectivity index (χ1n) is 9.71. The van der Waals surface area contributed by atoms with Crippen molar-refractivity contribution in [1.82, 2.24) is 0 Å². The number of anilines is 1. The van der Waals surface area contributed by atoms with Crippen molar-refractivity contribution in [2.75, 3.05) is 31.2 Å². The average molecular weight is 389 g/mol. The first-order chi connectivity index (χ1) is 13.6. The summed E-state index contributed by atoms with van der Waals surface area (Å²) in [6.07, 6.45) is 2.81. The fraction of sp³-hybridized carbons (Fsp3) is 0.409. The van der Waals surface area contributed by atoms with Gasteiger partial charge in [-0.2, -0.15) is 0 Å².